The topological polar surface area (TPSA) is 0 Å². The van der Waals surface area contributed by atoms with Crippen molar-refractivity contribution in [3.8, 4) is 0 Å². The summed E-state index contributed by atoms with van der Waals surface area (Å²) in [4.78, 5) is 0.222. The maximum absolute atomic E-state index is 13.6. The zero-order valence-corrected chi connectivity index (χ0v) is 12.2. The SMILES string of the molecule is CCC(C)(C)C(Br)Cc1c(F)cccc1Cl. The molecule has 0 aliphatic heterocycles. The fourth-order valence-electron chi connectivity index (χ4n) is 1.40. The average molecular weight is 308 g/mol. The Morgan fingerprint density at radius 2 is 2.06 bits per heavy atom. The third-order valence-corrected chi connectivity index (χ3v) is 5.12. The van der Waals surface area contributed by atoms with Crippen molar-refractivity contribution < 1.29 is 4.39 Å². The summed E-state index contributed by atoms with van der Waals surface area (Å²) in [5.41, 5.74) is 0.735. The lowest BCUT2D eigenvalue weighted by Crippen LogP contribution is -2.25. The Balaban J connectivity index is 2.89. The first-order valence-corrected chi connectivity index (χ1v) is 6.74. The van der Waals surface area contributed by atoms with Crippen LogP contribution in [0, 0.1) is 11.2 Å². The van der Waals surface area contributed by atoms with Gasteiger partial charge in [0.05, 0.1) is 0 Å². The maximum atomic E-state index is 13.6. The molecule has 0 N–H and O–H groups in total. The van der Waals surface area contributed by atoms with Crippen LogP contribution >= 0.6 is 27.5 Å². The van der Waals surface area contributed by atoms with E-state index < -0.39 is 0 Å². The molecule has 0 saturated carbocycles. The van der Waals surface area contributed by atoms with Gasteiger partial charge < -0.3 is 0 Å². The van der Waals surface area contributed by atoms with Crippen LogP contribution < -0.4 is 0 Å². The van der Waals surface area contributed by atoms with Crippen molar-refractivity contribution in [3.63, 3.8) is 0 Å². The summed E-state index contributed by atoms with van der Waals surface area (Å²) in [7, 11) is 0. The van der Waals surface area contributed by atoms with Crippen molar-refractivity contribution >= 4 is 27.5 Å². The Hall–Kier alpha value is -0.0800. The lowest BCUT2D eigenvalue weighted by atomic mass is 9.83. The summed E-state index contributed by atoms with van der Waals surface area (Å²) in [6.07, 6.45) is 1.65. The van der Waals surface area contributed by atoms with Crippen molar-refractivity contribution in [3.05, 3.63) is 34.6 Å². The second kappa shape index (κ2) is 5.50. The molecule has 0 amide bonds. The van der Waals surface area contributed by atoms with Crippen LogP contribution in [0.15, 0.2) is 18.2 Å². The van der Waals surface area contributed by atoms with Gasteiger partial charge in [0, 0.05) is 15.4 Å². The third-order valence-electron chi connectivity index (χ3n) is 3.20. The Morgan fingerprint density at radius 3 is 2.56 bits per heavy atom. The van der Waals surface area contributed by atoms with Gasteiger partial charge in [-0.25, -0.2) is 4.39 Å². The predicted octanol–water partition coefficient (Wildman–Crippen LogP) is 5.22. The summed E-state index contributed by atoms with van der Waals surface area (Å²) >= 11 is 9.65. The highest BCUT2D eigenvalue weighted by Gasteiger charge is 2.26. The minimum Gasteiger partial charge on any atom is -0.207 e. The van der Waals surface area contributed by atoms with Crippen LogP contribution in [0.4, 0.5) is 4.39 Å². The molecule has 0 bridgehead atoms. The molecule has 0 radical (unpaired) electrons. The molecule has 1 aromatic rings. The van der Waals surface area contributed by atoms with Gasteiger partial charge in [0.15, 0.2) is 0 Å². The van der Waals surface area contributed by atoms with E-state index in [4.69, 9.17) is 11.6 Å². The lowest BCUT2D eigenvalue weighted by molar-refractivity contribution is 0.338. The molecule has 0 aliphatic rings. The lowest BCUT2D eigenvalue weighted by Gasteiger charge is -2.29. The van der Waals surface area contributed by atoms with E-state index in [0.717, 1.165) is 6.42 Å². The van der Waals surface area contributed by atoms with Crippen LogP contribution in [-0.4, -0.2) is 4.83 Å². The first kappa shape index (κ1) is 14.0. The van der Waals surface area contributed by atoms with Gasteiger partial charge in [0.1, 0.15) is 5.82 Å². The zero-order valence-electron chi connectivity index (χ0n) is 9.86. The highest BCUT2D eigenvalue weighted by atomic mass is 79.9. The van der Waals surface area contributed by atoms with Gasteiger partial charge in [-0.05, 0) is 30.4 Å². The summed E-state index contributed by atoms with van der Waals surface area (Å²) in [5.74, 6) is -0.219. The molecule has 1 unspecified atom stereocenters. The predicted molar refractivity (Wildman–Crippen MR) is 71.9 cm³/mol. The second-order valence-electron chi connectivity index (χ2n) is 4.71. The molecule has 0 fully saturated rings. The number of benzene rings is 1. The summed E-state index contributed by atoms with van der Waals surface area (Å²) in [6.45, 7) is 6.47. The van der Waals surface area contributed by atoms with Crippen molar-refractivity contribution in [1.29, 1.82) is 0 Å². The molecule has 1 rings (SSSR count). The monoisotopic (exact) mass is 306 g/mol. The Labute approximate surface area is 110 Å². The van der Waals surface area contributed by atoms with Crippen LogP contribution in [0.2, 0.25) is 5.02 Å². The number of hydrogen-bond acceptors (Lipinski definition) is 0. The molecule has 0 aromatic heterocycles. The van der Waals surface area contributed by atoms with Crippen LogP contribution in [0.25, 0.3) is 0 Å². The van der Waals surface area contributed by atoms with Crippen LogP contribution in [0.1, 0.15) is 32.8 Å². The number of alkyl halides is 1. The van der Waals surface area contributed by atoms with Gasteiger partial charge in [-0.2, -0.15) is 0 Å². The largest absolute Gasteiger partial charge is 0.207 e. The van der Waals surface area contributed by atoms with Crippen LogP contribution in [0.5, 0.6) is 0 Å². The van der Waals surface area contributed by atoms with Gasteiger partial charge in [0.25, 0.3) is 0 Å². The average Bonchev–Trinajstić information content (AvgIpc) is 2.23. The van der Waals surface area contributed by atoms with E-state index in [2.05, 4.69) is 36.7 Å². The molecular weight excluding hydrogens is 290 g/mol. The van der Waals surface area contributed by atoms with Crippen molar-refractivity contribution in [2.24, 2.45) is 5.41 Å². The molecule has 90 valence electrons. The van der Waals surface area contributed by atoms with Gasteiger partial charge in [-0.3, -0.25) is 0 Å². The van der Waals surface area contributed by atoms with Crippen LogP contribution in [-0.2, 0) is 6.42 Å². The highest BCUT2D eigenvalue weighted by Crippen LogP contribution is 2.34. The van der Waals surface area contributed by atoms with E-state index in [1.165, 1.54) is 6.07 Å². The fraction of sp³-hybridized carbons (Fsp3) is 0.538. The van der Waals surface area contributed by atoms with Crippen LogP contribution in [0.3, 0.4) is 0 Å². The second-order valence-corrected chi connectivity index (χ2v) is 6.23. The molecular formula is C13H17BrClF. The molecule has 1 aromatic carbocycles. The fourth-order valence-corrected chi connectivity index (χ4v) is 2.29. The normalized spacial score (nSPS) is 13.9. The Morgan fingerprint density at radius 1 is 1.44 bits per heavy atom. The quantitative estimate of drug-likeness (QED) is 0.669. The van der Waals surface area contributed by atoms with Gasteiger partial charge >= 0.3 is 0 Å². The van der Waals surface area contributed by atoms with Crippen molar-refractivity contribution in [2.75, 3.05) is 0 Å². The Kier molecular flexibility index (Phi) is 4.81. The molecule has 16 heavy (non-hydrogen) atoms. The van der Waals surface area contributed by atoms with E-state index in [-0.39, 0.29) is 16.1 Å². The van der Waals surface area contributed by atoms with E-state index in [9.17, 15) is 4.39 Å². The molecule has 0 nitrogen and oxygen atoms in total. The first-order chi connectivity index (χ1) is 7.38. The van der Waals surface area contributed by atoms with Crippen molar-refractivity contribution in [1.82, 2.24) is 0 Å². The molecule has 1 atom stereocenters. The molecule has 3 heteroatoms. The molecule has 0 aliphatic carbocycles. The first-order valence-electron chi connectivity index (χ1n) is 5.45. The third kappa shape index (κ3) is 3.21. The van der Waals surface area contributed by atoms with E-state index in [1.807, 2.05) is 0 Å². The summed E-state index contributed by atoms with van der Waals surface area (Å²) in [5, 5.41) is 0.511. The molecule has 0 saturated heterocycles. The van der Waals surface area contributed by atoms with E-state index in [0.29, 0.717) is 17.0 Å². The maximum Gasteiger partial charge on any atom is 0.127 e. The number of rotatable bonds is 4. The van der Waals surface area contributed by atoms with E-state index >= 15 is 0 Å². The standard InChI is InChI=1S/C13H17BrClF/c1-4-13(2,3)12(14)8-9-10(15)6-5-7-11(9)16/h5-7,12H,4,8H2,1-3H3. The zero-order chi connectivity index (χ0) is 12.3. The van der Waals surface area contributed by atoms with Gasteiger partial charge in [-0.1, -0.05) is 54.4 Å². The minimum atomic E-state index is -0.219. The molecule has 0 spiro atoms. The Bertz CT molecular complexity index is 343. The van der Waals surface area contributed by atoms with Gasteiger partial charge in [0.2, 0.25) is 0 Å². The molecule has 0 heterocycles. The minimum absolute atomic E-state index is 0.131. The number of halogens is 3. The summed E-state index contributed by atoms with van der Waals surface area (Å²) < 4.78 is 13.6. The van der Waals surface area contributed by atoms with Gasteiger partial charge in [-0.15, -0.1) is 0 Å². The number of hydrogen-bond donors (Lipinski definition) is 0. The highest BCUT2D eigenvalue weighted by molar-refractivity contribution is 9.09. The summed E-state index contributed by atoms with van der Waals surface area (Å²) in [6, 6.07) is 4.83. The smallest absolute Gasteiger partial charge is 0.127 e. The van der Waals surface area contributed by atoms with E-state index in [1.54, 1.807) is 12.1 Å². The van der Waals surface area contributed by atoms with Crippen molar-refractivity contribution in [2.45, 2.75) is 38.4 Å².